The van der Waals surface area contributed by atoms with E-state index in [2.05, 4.69) is 0 Å². The van der Waals surface area contributed by atoms with Crippen LogP contribution in [0.15, 0.2) is 59.5 Å². The molecule has 0 saturated heterocycles. The maximum absolute atomic E-state index is 12.9. The summed E-state index contributed by atoms with van der Waals surface area (Å²) in [5.41, 5.74) is 0.607. The Morgan fingerprint density at radius 3 is 2.14 bits per heavy atom. The van der Waals surface area contributed by atoms with Crippen LogP contribution < -0.4 is 0 Å². The molecular weight excluding hydrogens is 392 g/mol. The molecule has 2 aromatic rings. The normalized spacial score (nSPS) is 12.4. The molecule has 0 heterocycles. The highest BCUT2D eigenvalue weighted by Gasteiger charge is 2.29. The number of carbonyl (C=O) groups is 2. The predicted octanol–water partition coefficient (Wildman–Crippen LogP) is 2.70. The van der Waals surface area contributed by atoms with E-state index >= 15 is 0 Å². The Kier molecular flexibility index (Phi) is 7.53. The highest BCUT2D eigenvalue weighted by molar-refractivity contribution is 7.89. The molecule has 2 aromatic carbocycles. The Labute approximate surface area is 171 Å². The van der Waals surface area contributed by atoms with Crippen LogP contribution in [0.3, 0.4) is 0 Å². The molecule has 0 aliphatic heterocycles. The fourth-order valence-corrected chi connectivity index (χ4v) is 3.71. The van der Waals surface area contributed by atoms with E-state index in [1.54, 1.807) is 35.2 Å². The van der Waals surface area contributed by atoms with Gasteiger partial charge in [-0.15, -0.1) is 0 Å². The molecular formula is C21H26N2O5S. The fraction of sp³-hybridized carbons (Fsp3) is 0.333. The molecule has 0 aromatic heterocycles. The van der Waals surface area contributed by atoms with Gasteiger partial charge in [0, 0.05) is 32.7 Å². The third-order valence-corrected chi connectivity index (χ3v) is 6.29. The lowest BCUT2D eigenvalue weighted by Gasteiger charge is -2.25. The van der Waals surface area contributed by atoms with E-state index < -0.39 is 22.1 Å². The second-order valence-electron chi connectivity index (χ2n) is 6.52. The van der Waals surface area contributed by atoms with Crippen molar-refractivity contribution in [2.24, 2.45) is 0 Å². The SMILES string of the molecule is CCN(CC)C(=O)[C@H](OC(=O)c1cccc(S(=O)(=O)N(C)C)c1)c1ccccc1. The first-order chi connectivity index (χ1) is 13.7. The molecule has 29 heavy (non-hydrogen) atoms. The van der Waals surface area contributed by atoms with Gasteiger partial charge in [-0.1, -0.05) is 36.4 Å². The Morgan fingerprint density at radius 1 is 0.966 bits per heavy atom. The number of rotatable bonds is 8. The zero-order valence-corrected chi connectivity index (χ0v) is 17.8. The van der Waals surface area contributed by atoms with Gasteiger partial charge in [-0.25, -0.2) is 17.5 Å². The van der Waals surface area contributed by atoms with Gasteiger partial charge in [0.15, 0.2) is 0 Å². The number of amides is 1. The van der Waals surface area contributed by atoms with Gasteiger partial charge in [-0.05, 0) is 32.0 Å². The Bertz CT molecular complexity index is 954. The highest BCUT2D eigenvalue weighted by Crippen LogP contribution is 2.23. The Morgan fingerprint density at radius 2 is 1.59 bits per heavy atom. The number of nitrogens with zero attached hydrogens (tertiary/aromatic N) is 2. The largest absolute Gasteiger partial charge is 0.444 e. The van der Waals surface area contributed by atoms with Gasteiger partial charge in [0.1, 0.15) is 0 Å². The predicted molar refractivity (Wildman–Crippen MR) is 110 cm³/mol. The third-order valence-electron chi connectivity index (χ3n) is 4.47. The fourth-order valence-electron chi connectivity index (χ4n) is 2.76. The first kappa shape index (κ1) is 22.6. The van der Waals surface area contributed by atoms with Crippen molar-refractivity contribution in [3.05, 3.63) is 65.7 Å². The first-order valence-corrected chi connectivity index (χ1v) is 10.7. The molecule has 1 atom stereocenters. The smallest absolute Gasteiger partial charge is 0.339 e. The average molecular weight is 419 g/mol. The quantitative estimate of drug-likeness (QED) is 0.616. The zero-order chi connectivity index (χ0) is 21.6. The van der Waals surface area contributed by atoms with E-state index in [-0.39, 0.29) is 16.4 Å². The minimum absolute atomic E-state index is 0.0247. The van der Waals surface area contributed by atoms with Crippen molar-refractivity contribution in [1.82, 2.24) is 9.21 Å². The number of benzene rings is 2. The van der Waals surface area contributed by atoms with Gasteiger partial charge in [0.2, 0.25) is 16.1 Å². The van der Waals surface area contributed by atoms with Crippen LogP contribution >= 0.6 is 0 Å². The van der Waals surface area contributed by atoms with Crippen molar-refractivity contribution in [3.8, 4) is 0 Å². The summed E-state index contributed by atoms with van der Waals surface area (Å²) in [4.78, 5) is 27.3. The molecule has 0 unspecified atom stereocenters. The van der Waals surface area contributed by atoms with Crippen molar-refractivity contribution < 1.29 is 22.7 Å². The van der Waals surface area contributed by atoms with E-state index in [1.807, 2.05) is 13.8 Å². The van der Waals surface area contributed by atoms with Crippen molar-refractivity contribution in [3.63, 3.8) is 0 Å². The number of hydrogen-bond donors (Lipinski definition) is 0. The summed E-state index contributed by atoms with van der Waals surface area (Å²) < 4.78 is 31.3. The zero-order valence-electron chi connectivity index (χ0n) is 17.0. The summed E-state index contributed by atoms with van der Waals surface area (Å²) in [5, 5.41) is 0. The summed E-state index contributed by atoms with van der Waals surface area (Å²) in [6, 6.07) is 14.3. The molecule has 2 rings (SSSR count). The van der Waals surface area contributed by atoms with E-state index in [0.29, 0.717) is 18.7 Å². The number of sulfonamides is 1. The second-order valence-corrected chi connectivity index (χ2v) is 8.67. The number of likely N-dealkylation sites (N-methyl/N-ethyl adjacent to an activating group) is 1. The van der Waals surface area contributed by atoms with Crippen molar-refractivity contribution in [2.45, 2.75) is 24.8 Å². The summed E-state index contributed by atoms with van der Waals surface area (Å²) in [5.74, 6) is -1.10. The van der Waals surface area contributed by atoms with E-state index in [4.69, 9.17) is 4.74 Å². The van der Waals surface area contributed by atoms with Crippen LogP contribution in [0, 0.1) is 0 Å². The van der Waals surface area contributed by atoms with Crippen LogP contribution in [0.5, 0.6) is 0 Å². The molecule has 0 N–H and O–H groups in total. The van der Waals surface area contributed by atoms with Gasteiger partial charge in [0.05, 0.1) is 10.5 Å². The monoisotopic (exact) mass is 418 g/mol. The topological polar surface area (TPSA) is 84.0 Å². The standard InChI is InChI=1S/C21H26N2O5S/c1-5-23(6-2)20(24)19(16-11-8-7-9-12-16)28-21(25)17-13-10-14-18(15-17)29(26,27)22(3)4/h7-15,19H,5-6H2,1-4H3/t19-/m1/s1. The summed E-state index contributed by atoms with van der Waals surface area (Å²) in [6.07, 6.45) is -1.11. The van der Waals surface area contributed by atoms with Gasteiger partial charge >= 0.3 is 5.97 Å². The maximum Gasteiger partial charge on any atom is 0.339 e. The number of hydrogen-bond acceptors (Lipinski definition) is 5. The van der Waals surface area contributed by atoms with E-state index in [0.717, 1.165) is 4.31 Å². The van der Waals surface area contributed by atoms with Crippen molar-refractivity contribution >= 4 is 21.9 Å². The second kappa shape index (κ2) is 9.67. The lowest BCUT2D eigenvalue weighted by atomic mass is 10.1. The summed E-state index contributed by atoms with van der Waals surface area (Å²) >= 11 is 0. The molecule has 0 aliphatic carbocycles. The first-order valence-electron chi connectivity index (χ1n) is 9.29. The van der Waals surface area contributed by atoms with Crippen LogP contribution in [-0.4, -0.2) is 56.7 Å². The van der Waals surface area contributed by atoms with Crippen LogP contribution in [0.25, 0.3) is 0 Å². The van der Waals surface area contributed by atoms with Gasteiger partial charge < -0.3 is 9.64 Å². The highest BCUT2D eigenvalue weighted by atomic mass is 32.2. The molecule has 0 radical (unpaired) electrons. The molecule has 7 nitrogen and oxygen atoms in total. The third kappa shape index (κ3) is 5.21. The van der Waals surface area contributed by atoms with Crippen LogP contribution in [-0.2, 0) is 19.6 Å². The molecule has 156 valence electrons. The molecule has 0 saturated carbocycles. The lowest BCUT2D eigenvalue weighted by Crippen LogP contribution is -2.36. The molecule has 1 amide bonds. The van der Waals surface area contributed by atoms with Gasteiger partial charge in [-0.2, -0.15) is 0 Å². The molecule has 0 spiro atoms. The van der Waals surface area contributed by atoms with Crippen LogP contribution in [0.2, 0.25) is 0 Å². The van der Waals surface area contributed by atoms with E-state index in [9.17, 15) is 18.0 Å². The summed E-state index contributed by atoms with van der Waals surface area (Å²) in [6.45, 7) is 4.65. The average Bonchev–Trinajstić information content (AvgIpc) is 2.73. The number of ether oxygens (including phenoxy) is 1. The number of esters is 1. The Hall–Kier alpha value is -2.71. The van der Waals surface area contributed by atoms with Crippen molar-refractivity contribution in [1.29, 1.82) is 0 Å². The van der Waals surface area contributed by atoms with Gasteiger partial charge in [-0.3, -0.25) is 4.79 Å². The molecule has 8 heteroatoms. The molecule has 0 aliphatic rings. The van der Waals surface area contributed by atoms with Gasteiger partial charge in [0.25, 0.3) is 5.91 Å². The molecule has 0 fully saturated rings. The van der Waals surface area contributed by atoms with Crippen LogP contribution in [0.1, 0.15) is 35.9 Å². The lowest BCUT2D eigenvalue weighted by molar-refractivity contribution is -0.140. The minimum Gasteiger partial charge on any atom is -0.444 e. The van der Waals surface area contributed by atoms with Crippen LogP contribution in [0.4, 0.5) is 0 Å². The Balaban J connectivity index is 2.37. The van der Waals surface area contributed by atoms with E-state index in [1.165, 1.54) is 38.4 Å². The molecule has 0 bridgehead atoms. The number of carbonyl (C=O) groups excluding carboxylic acids is 2. The minimum atomic E-state index is -3.70. The maximum atomic E-state index is 12.9. The van der Waals surface area contributed by atoms with Crippen molar-refractivity contribution in [2.75, 3.05) is 27.2 Å². The summed E-state index contributed by atoms with van der Waals surface area (Å²) in [7, 11) is -0.878.